The van der Waals surface area contributed by atoms with Crippen molar-refractivity contribution in [2.45, 2.75) is 65.6 Å². The zero-order valence-corrected chi connectivity index (χ0v) is 14.3. The number of hydrogen-bond donors (Lipinski definition) is 0. The number of aromatic nitrogens is 5. The van der Waals surface area contributed by atoms with Crippen molar-refractivity contribution < 1.29 is 4.52 Å². The fraction of sp³-hybridized carbons (Fsp3) is 0.750. The van der Waals surface area contributed by atoms with Crippen molar-refractivity contribution in [2.75, 3.05) is 6.54 Å². The van der Waals surface area contributed by atoms with Crippen molar-refractivity contribution >= 4 is 0 Å². The van der Waals surface area contributed by atoms with E-state index in [-0.39, 0.29) is 6.04 Å². The molecule has 1 atom stereocenters. The standard InChI is InChI=1S/C16H26N6O/c1-4-6-14-18-15(23-20-14)10-21-8-5-7-13(21)16-19-17-11-22(16)9-12(2)3/h11-13H,4-10H2,1-3H3/t13-/m1/s1. The Morgan fingerprint density at radius 3 is 3.04 bits per heavy atom. The molecule has 2 aromatic rings. The smallest absolute Gasteiger partial charge is 0.240 e. The molecule has 7 nitrogen and oxygen atoms in total. The molecule has 1 fully saturated rings. The molecule has 2 aromatic heterocycles. The maximum atomic E-state index is 5.39. The Morgan fingerprint density at radius 2 is 2.26 bits per heavy atom. The van der Waals surface area contributed by atoms with Crippen LogP contribution in [-0.2, 0) is 19.5 Å². The molecule has 0 unspecified atom stereocenters. The van der Waals surface area contributed by atoms with Gasteiger partial charge in [-0.1, -0.05) is 25.9 Å². The van der Waals surface area contributed by atoms with Gasteiger partial charge in [0.25, 0.3) is 0 Å². The highest BCUT2D eigenvalue weighted by atomic mass is 16.5. The maximum Gasteiger partial charge on any atom is 0.240 e. The normalized spacial score (nSPS) is 19.0. The largest absolute Gasteiger partial charge is 0.338 e. The van der Waals surface area contributed by atoms with Gasteiger partial charge in [-0.25, -0.2) is 0 Å². The first kappa shape index (κ1) is 16.1. The molecule has 126 valence electrons. The molecule has 0 amide bonds. The van der Waals surface area contributed by atoms with Crippen LogP contribution in [0.3, 0.4) is 0 Å². The lowest BCUT2D eigenvalue weighted by molar-refractivity contribution is 0.201. The van der Waals surface area contributed by atoms with E-state index >= 15 is 0 Å². The van der Waals surface area contributed by atoms with Gasteiger partial charge in [0, 0.05) is 13.0 Å². The second-order valence-corrected chi connectivity index (χ2v) is 6.72. The predicted molar refractivity (Wildman–Crippen MR) is 85.5 cm³/mol. The third-order valence-electron chi connectivity index (χ3n) is 4.19. The summed E-state index contributed by atoms with van der Waals surface area (Å²) >= 11 is 0. The molecule has 0 spiro atoms. The average Bonchev–Trinajstić information content (AvgIpc) is 3.21. The summed E-state index contributed by atoms with van der Waals surface area (Å²) in [5, 5.41) is 12.6. The monoisotopic (exact) mass is 318 g/mol. The molecule has 0 bridgehead atoms. The lowest BCUT2D eigenvalue weighted by atomic mass is 10.2. The molecule has 0 aliphatic carbocycles. The Morgan fingerprint density at radius 1 is 1.39 bits per heavy atom. The molecule has 3 heterocycles. The van der Waals surface area contributed by atoms with E-state index in [9.17, 15) is 0 Å². The highest BCUT2D eigenvalue weighted by Crippen LogP contribution is 2.32. The van der Waals surface area contributed by atoms with Gasteiger partial charge in [-0.2, -0.15) is 4.98 Å². The third-order valence-corrected chi connectivity index (χ3v) is 4.19. The zero-order valence-electron chi connectivity index (χ0n) is 14.3. The second kappa shape index (κ2) is 7.21. The van der Waals surface area contributed by atoms with Gasteiger partial charge in [0.05, 0.1) is 12.6 Å². The van der Waals surface area contributed by atoms with Crippen LogP contribution in [0.2, 0.25) is 0 Å². The average molecular weight is 318 g/mol. The Labute approximate surface area is 137 Å². The first-order valence-electron chi connectivity index (χ1n) is 8.60. The minimum Gasteiger partial charge on any atom is -0.338 e. The number of hydrogen-bond acceptors (Lipinski definition) is 6. The summed E-state index contributed by atoms with van der Waals surface area (Å²) in [6, 6.07) is 0.290. The van der Waals surface area contributed by atoms with Crippen LogP contribution in [0.25, 0.3) is 0 Å². The van der Waals surface area contributed by atoms with Crippen molar-refractivity contribution in [3.63, 3.8) is 0 Å². The van der Waals surface area contributed by atoms with Crippen LogP contribution in [0.15, 0.2) is 10.9 Å². The number of nitrogens with zero attached hydrogens (tertiary/aromatic N) is 6. The highest BCUT2D eigenvalue weighted by molar-refractivity contribution is 5.00. The van der Waals surface area contributed by atoms with Crippen LogP contribution in [0.1, 0.15) is 63.6 Å². The van der Waals surface area contributed by atoms with Gasteiger partial charge in [0.2, 0.25) is 5.89 Å². The van der Waals surface area contributed by atoms with E-state index in [1.54, 1.807) is 0 Å². The summed E-state index contributed by atoms with van der Waals surface area (Å²) in [5.74, 6) is 3.15. The molecular formula is C16H26N6O. The van der Waals surface area contributed by atoms with E-state index in [4.69, 9.17) is 4.52 Å². The van der Waals surface area contributed by atoms with E-state index in [0.29, 0.717) is 18.4 Å². The van der Waals surface area contributed by atoms with Gasteiger partial charge in [-0.3, -0.25) is 4.90 Å². The van der Waals surface area contributed by atoms with Gasteiger partial charge < -0.3 is 9.09 Å². The minimum atomic E-state index is 0.290. The highest BCUT2D eigenvalue weighted by Gasteiger charge is 2.31. The number of likely N-dealkylation sites (tertiary alicyclic amines) is 1. The van der Waals surface area contributed by atoms with Gasteiger partial charge >= 0.3 is 0 Å². The van der Waals surface area contributed by atoms with E-state index in [2.05, 4.69) is 50.6 Å². The number of aryl methyl sites for hydroxylation is 1. The van der Waals surface area contributed by atoms with Crippen molar-refractivity contribution in [1.29, 1.82) is 0 Å². The van der Waals surface area contributed by atoms with Crippen LogP contribution in [0.4, 0.5) is 0 Å². The lowest BCUT2D eigenvalue weighted by Gasteiger charge is -2.23. The Bertz CT molecular complexity index is 620. The summed E-state index contributed by atoms with van der Waals surface area (Å²) in [6.45, 7) is 9.22. The summed E-state index contributed by atoms with van der Waals surface area (Å²) < 4.78 is 7.58. The summed E-state index contributed by atoms with van der Waals surface area (Å²) in [4.78, 5) is 6.87. The molecular weight excluding hydrogens is 292 g/mol. The minimum absolute atomic E-state index is 0.290. The molecule has 1 aliphatic heterocycles. The molecule has 1 aliphatic rings. The first-order chi connectivity index (χ1) is 11.2. The van der Waals surface area contributed by atoms with Crippen molar-refractivity contribution in [3.05, 3.63) is 23.9 Å². The zero-order chi connectivity index (χ0) is 16.2. The lowest BCUT2D eigenvalue weighted by Crippen LogP contribution is -2.26. The fourth-order valence-electron chi connectivity index (χ4n) is 3.22. The Kier molecular flexibility index (Phi) is 5.05. The molecule has 7 heteroatoms. The Hall–Kier alpha value is -1.76. The molecule has 0 aromatic carbocycles. The van der Waals surface area contributed by atoms with Gasteiger partial charge in [0.15, 0.2) is 5.82 Å². The van der Waals surface area contributed by atoms with Gasteiger partial charge in [-0.05, 0) is 31.7 Å². The quantitative estimate of drug-likeness (QED) is 0.781. The van der Waals surface area contributed by atoms with Crippen LogP contribution in [-0.4, -0.2) is 36.3 Å². The van der Waals surface area contributed by atoms with Gasteiger partial charge in [0.1, 0.15) is 12.2 Å². The third kappa shape index (κ3) is 3.77. The maximum absolute atomic E-state index is 5.39. The topological polar surface area (TPSA) is 72.9 Å². The van der Waals surface area contributed by atoms with E-state index < -0.39 is 0 Å². The summed E-state index contributed by atoms with van der Waals surface area (Å²) in [7, 11) is 0. The predicted octanol–water partition coefficient (Wildman–Crippen LogP) is 2.61. The van der Waals surface area contributed by atoms with Crippen molar-refractivity contribution in [2.24, 2.45) is 5.92 Å². The van der Waals surface area contributed by atoms with Crippen molar-refractivity contribution in [3.8, 4) is 0 Å². The molecule has 0 saturated carbocycles. The number of rotatable bonds is 7. The van der Waals surface area contributed by atoms with Crippen LogP contribution in [0, 0.1) is 5.92 Å². The molecule has 0 radical (unpaired) electrons. The van der Waals surface area contributed by atoms with E-state index in [1.165, 1.54) is 0 Å². The van der Waals surface area contributed by atoms with Crippen LogP contribution in [0.5, 0.6) is 0 Å². The molecule has 23 heavy (non-hydrogen) atoms. The molecule has 0 N–H and O–H groups in total. The van der Waals surface area contributed by atoms with E-state index in [0.717, 1.165) is 50.4 Å². The first-order valence-corrected chi connectivity index (χ1v) is 8.60. The van der Waals surface area contributed by atoms with Crippen LogP contribution >= 0.6 is 0 Å². The van der Waals surface area contributed by atoms with Crippen LogP contribution < -0.4 is 0 Å². The molecule has 1 saturated heterocycles. The Balaban J connectivity index is 1.71. The second-order valence-electron chi connectivity index (χ2n) is 6.72. The summed E-state index contributed by atoms with van der Waals surface area (Å²) in [5.41, 5.74) is 0. The SMILES string of the molecule is CCCc1noc(CN2CCC[C@@H]2c2nncn2CC(C)C)n1. The summed E-state index contributed by atoms with van der Waals surface area (Å²) in [6.07, 6.45) is 6.01. The molecule has 3 rings (SSSR count). The van der Waals surface area contributed by atoms with Gasteiger partial charge in [-0.15, -0.1) is 10.2 Å². The fourth-order valence-corrected chi connectivity index (χ4v) is 3.22. The van der Waals surface area contributed by atoms with E-state index in [1.807, 2.05) is 6.33 Å². The van der Waals surface area contributed by atoms with Crippen molar-refractivity contribution in [1.82, 2.24) is 29.8 Å².